The van der Waals surface area contributed by atoms with E-state index in [0.717, 1.165) is 19.2 Å². The summed E-state index contributed by atoms with van der Waals surface area (Å²) in [7, 11) is -4.52. The van der Waals surface area contributed by atoms with Crippen LogP contribution in [0.3, 0.4) is 0 Å². The predicted octanol–water partition coefficient (Wildman–Crippen LogP) is 1.77. The fourth-order valence-corrected chi connectivity index (χ4v) is 5.68. The maximum atomic E-state index is 13.7. The predicted molar refractivity (Wildman–Crippen MR) is 151 cm³/mol. The van der Waals surface area contributed by atoms with Crippen molar-refractivity contribution in [3.63, 3.8) is 0 Å². The van der Waals surface area contributed by atoms with E-state index in [9.17, 15) is 29.6 Å². The van der Waals surface area contributed by atoms with E-state index in [-0.39, 0.29) is 24.0 Å². The van der Waals surface area contributed by atoms with Gasteiger partial charge in [0.1, 0.15) is 42.3 Å². The Kier molecular flexibility index (Phi) is 12.0. The minimum Gasteiger partial charge on any atom is -0.464 e. The molecular formula is C26H39N6O11P. The van der Waals surface area contributed by atoms with E-state index < -0.39 is 69.3 Å². The minimum absolute atomic E-state index is 0.0432. The Bertz CT molecular complexity index is 1380. The van der Waals surface area contributed by atoms with Gasteiger partial charge >= 0.3 is 19.9 Å². The van der Waals surface area contributed by atoms with E-state index in [1.807, 2.05) is 19.9 Å². The molecule has 6 atom stereocenters. The van der Waals surface area contributed by atoms with Crippen LogP contribution in [0, 0.1) is 17.2 Å². The van der Waals surface area contributed by atoms with Crippen LogP contribution in [-0.4, -0.2) is 87.4 Å². The summed E-state index contributed by atoms with van der Waals surface area (Å²) < 4.78 is 46.4. The molecule has 44 heavy (non-hydrogen) atoms. The first-order valence-corrected chi connectivity index (χ1v) is 15.6. The van der Waals surface area contributed by atoms with E-state index in [0.29, 0.717) is 5.52 Å². The second-order valence-electron chi connectivity index (χ2n) is 10.4. The number of nitrogens with one attached hydrogen (secondary N) is 1. The normalized spacial score (nSPS) is 23.8. The zero-order valence-corrected chi connectivity index (χ0v) is 26.0. The number of rotatable bonds is 15. The standard InChI is InChI=1S/C26H39N6O11P/c1-6-17(7-2)10-38-24(35)16(5)31-44(37,41-14-39-25(36)42-15(3)4)40-11-19-21(33)22(34)26(12-27,43-19)20-9-8-18-23(28)29-13-30-32(18)20/h8-9,13,15-17,19,21-22,33-34H,6-7,10-11,14H2,1-5H3,(H,31,37)(H2,28,29,30)/t16-,19+,21+,22+,26-,44?/m0/s1. The summed E-state index contributed by atoms with van der Waals surface area (Å²) in [5, 5.41) is 38.4. The maximum absolute atomic E-state index is 13.7. The molecule has 0 saturated carbocycles. The van der Waals surface area contributed by atoms with E-state index in [1.165, 1.54) is 23.6 Å². The molecule has 0 radical (unpaired) electrons. The Morgan fingerprint density at radius 1 is 1.23 bits per heavy atom. The van der Waals surface area contributed by atoms with E-state index in [1.54, 1.807) is 13.8 Å². The molecule has 1 aliphatic heterocycles. The molecule has 2 aromatic heterocycles. The van der Waals surface area contributed by atoms with Gasteiger partial charge in [-0.15, -0.1) is 0 Å². The van der Waals surface area contributed by atoms with Crippen LogP contribution < -0.4 is 10.8 Å². The number of aliphatic hydroxyl groups is 2. The number of nitriles is 1. The van der Waals surface area contributed by atoms with Crippen LogP contribution in [0.2, 0.25) is 0 Å². The molecule has 1 saturated heterocycles. The highest BCUT2D eigenvalue weighted by Crippen LogP contribution is 2.47. The molecule has 1 unspecified atom stereocenters. The van der Waals surface area contributed by atoms with Crippen molar-refractivity contribution in [2.75, 3.05) is 25.7 Å². The van der Waals surface area contributed by atoms with Crippen molar-refractivity contribution in [3.05, 3.63) is 24.2 Å². The lowest BCUT2D eigenvalue weighted by Gasteiger charge is -2.25. The second kappa shape index (κ2) is 15.1. The molecule has 0 spiro atoms. The molecule has 1 fully saturated rings. The highest BCUT2D eigenvalue weighted by molar-refractivity contribution is 7.51. The number of aliphatic hydroxyl groups excluding tert-OH is 2. The summed E-state index contributed by atoms with van der Waals surface area (Å²) in [4.78, 5) is 28.3. The molecule has 244 valence electrons. The van der Waals surface area contributed by atoms with Crippen LogP contribution in [0.15, 0.2) is 18.5 Å². The first kappa shape index (κ1) is 35.1. The lowest BCUT2D eigenvalue weighted by molar-refractivity contribution is -0.146. The van der Waals surface area contributed by atoms with Crippen molar-refractivity contribution in [2.24, 2.45) is 5.92 Å². The number of ether oxygens (including phenoxy) is 4. The van der Waals surface area contributed by atoms with Gasteiger partial charge in [-0.1, -0.05) is 26.7 Å². The number of esters is 1. The molecule has 3 rings (SSSR count). The van der Waals surface area contributed by atoms with Gasteiger partial charge in [0.2, 0.25) is 12.4 Å². The second-order valence-corrected chi connectivity index (χ2v) is 12.1. The Labute approximate surface area is 254 Å². The highest BCUT2D eigenvalue weighted by Gasteiger charge is 2.58. The summed E-state index contributed by atoms with van der Waals surface area (Å²) in [6.45, 7) is 7.00. The number of carbonyl (C=O) groups excluding carboxylic acids is 2. The van der Waals surface area contributed by atoms with Gasteiger partial charge < -0.3 is 34.9 Å². The van der Waals surface area contributed by atoms with Crippen molar-refractivity contribution >= 4 is 31.2 Å². The van der Waals surface area contributed by atoms with Crippen molar-refractivity contribution in [2.45, 2.75) is 83.5 Å². The van der Waals surface area contributed by atoms with Crippen LogP contribution in [0.4, 0.5) is 10.6 Å². The number of aromatic nitrogens is 3. The number of nitrogens with zero attached hydrogens (tertiary/aromatic N) is 4. The van der Waals surface area contributed by atoms with Gasteiger partial charge in [0.25, 0.3) is 0 Å². The van der Waals surface area contributed by atoms with Gasteiger partial charge in [-0.3, -0.25) is 13.8 Å². The lowest BCUT2D eigenvalue weighted by atomic mass is 9.92. The van der Waals surface area contributed by atoms with Crippen molar-refractivity contribution in [1.29, 1.82) is 5.26 Å². The van der Waals surface area contributed by atoms with E-state index in [4.69, 9.17) is 33.7 Å². The first-order valence-electron chi connectivity index (χ1n) is 14.0. The summed E-state index contributed by atoms with van der Waals surface area (Å²) in [5.41, 5.74) is 4.10. The van der Waals surface area contributed by atoms with E-state index >= 15 is 0 Å². The van der Waals surface area contributed by atoms with Gasteiger partial charge in [-0.05, 0) is 38.8 Å². The van der Waals surface area contributed by atoms with Crippen molar-refractivity contribution in [3.8, 4) is 6.07 Å². The number of nitrogens with two attached hydrogens (primary N) is 1. The summed E-state index contributed by atoms with van der Waals surface area (Å²) in [6.07, 6.45) is -3.84. The topological polar surface area (TPSA) is 239 Å². The molecule has 18 heteroatoms. The van der Waals surface area contributed by atoms with Crippen LogP contribution in [0.25, 0.3) is 5.52 Å². The molecule has 0 aromatic carbocycles. The molecular weight excluding hydrogens is 603 g/mol. The van der Waals surface area contributed by atoms with Gasteiger partial charge in [-0.25, -0.2) is 23.9 Å². The fourth-order valence-electron chi connectivity index (χ4n) is 4.34. The number of anilines is 1. The van der Waals surface area contributed by atoms with E-state index in [2.05, 4.69) is 15.2 Å². The first-order chi connectivity index (χ1) is 20.8. The van der Waals surface area contributed by atoms with Crippen molar-refractivity contribution in [1.82, 2.24) is 19.7 Å². The third kappa shape index (κ3) is 8.02. The molecule has 2 aromatic rings. The molecule has 0 amide bonds. The Balaban J connectivity index is 1.77. The van der Waals surface area contributed by atoms with Gasteiger partial charge in [0.15, 0.2) is 5.82 Å². The average Bonchev–Trinajstić information content (AvgIpc) is 3.52. The number of nitrogen functional groups attached to an aromatic ring is 1. The zero-order chi connectivity index (χ0) is 32.7. The van der Waals surface area contributed by atoms with Crippen LogP contribution in [0.5, 0.6) is 0 Å². The van der Waals surface area contributed by atoms with Crippen LogP contribution >= 0.6 is 7.75 Å². The molecule has 5 N–H and O–H groups in total. The van der Waals surface area contributed by atoms with Crippen LogP contribution in [-0.2, 0) is 43.0 Å². The van der Waals surface area contributed by atoms with Gasteiger partial charge in [0, 0.05) is 0 Å². The molecule has 0 bridgehead atoms. The largest absolute Gasteiger partial charge is 0.510 e. The molecule has 1 aliphatic rings. The maximum Gasteiger partial charge on any atom is 0.510 e. The minimum atomic E-state index is -4.52. The summed E-state index contributed by atoms with van der Waals surface area (Å²) in [6, 6.07) is 3.61. The van der Waals surface area contributed by atoms with Gasteiger partial charge in [-0.2, -0.15) is 10.4 Å². The summed E-state index contributed by atoms with van der Waals surface area (Å²) >= 11 is 0. The number of hydrogen-bond acceptors (Lipinski definition) is 15. The SMILES string of the molecule is CCC(CC)COC(=O)[C@H](C)NP(=O)(OCOC(=O)OC(C)C)OC[C@H]1O[C@@](C#N)(c2ccc3c(N)ncnn23)[C@H](O)[C@@H]1O. The Morgan fingerprint density at radius 2 is 1.93 bits per heavy atom. The monoisotopic (exact) mass is 642 g/mol. The lowest BCUT2D eigenvalue weighted by Crippen LogP contribution is -2.41. The number of carbonyl (C=O) groups is 2. The molecule has 17 nitrogen and oxygen atoms in total. The third-order valence-electron chi connectivity index (χ3n) is 6.95. The molecule has 0 aliphatic carbocycles. The third-order valence-corrected chi connectivity index (χ3v) is 8.59. The quantitative estimate of drug-likeness (QED) is 0.123. The summed E-state index contributed by atoms with van der Waals surface area (Å²) in [5.74, 6) is -0.510. The smallest absolute Gasteiger partial charge is 0.464 e. The number of fused-ring (bicyclic) bond motifs is 1. The van der Waals surface area contributed by atoms with Gasteiger partial charge in [0.05, 0.1) is 25.0 Å². The fraction of sp³-hybridized carbons (Fsp3) is 0.654. The molecule has 3 heterocycles. The number of hydrogen-bond donors (Lipinski definition) is 4. The van der Waals surface area contributed by atoms with Crippen molar-refractivity contribution < 1.29 is 52.4 Å². The average molecular weight is 643 g/mol. The zero-order valence-electron chi connectivity index (χ0n) is 25.1. The van der Waals surface area contributed by atoms with Crippen LogP contribution in [0.1, 0.15) is 53.2 Å². The Morgan fingerprint density at radius 3 is 2.57 bits per heavy atom. The Hall–Kier alpha value is -3.36. The highest BCUT2D eigenvalue weighted by atomic mass is 31.2.